The summed E-state index contributed by atoms with van der Waals surface area (Å²) in [4.78, 5) is 38.1. The predicted molar refractivity (Wildman–Crippen MR) is 132 cm³/mol. The smallest absolute Gasteiger partial charge is 0.242 e. The van der Waals surface area contributed by atoms with Gasteiger partial charge in [-0.05, 0) is 63.8 Å². The van der Waals surface area contributed by atoms with Crippen LogP contribution in [-0.4, -0.2) is 40.5 Å². The maximum atomic E-state index is 12.8. The molecule has 9 nitrogen and oxygen atoms in total. The van der Waals surface area contributed by atoms with Crippen LogP contribution in [0.1, 0.15) is 52.7 Å². The van der Waals surface area contributed by atoms with Crippen molar-refractivity contribution in [1.29, 1.82) is 0 Å². The first-order valence-electron chi connectivity index (χ1n) is 11.6. The Balaban J connectivity index is 1.88. The molecular formula is C26H36N4O5. The van der Waals surface area contributed by atoms with Crippen LogP contribution in [0, 0.1) is 10.6 Å². The lowest BCUT2D eigenvalue weighted by atomic mass is 9.85. The minimum atomic E-state index is -0.846. The SMILES string of the molecule is C[C@H](NC(=O)[C@H](C)NC(=O)C(C)(C)Cc1cc[n+]([O-])cc1)C(=O)NC(C)(C)Cc1ccc(O)cc1. The van der Waals surface area contributed by atoms with Crippen LogP contribution in [0.2, 0.25) is 0 Å². The number of nitrogens with one attached hydrogen (secondary N) is 3. The molecule has 9 heteroatoms. The normalized spacial score (nSPS) is 13.4. The van der Waals surface area contributed by atoms with Crippen molar-refractivity contribution in [3.8, 4) is 5.75 Å². The zero-order valence-electron chi connectivity index (χ0n) is 21.2. The van der Waals surface area contributed by atoms with E-state index in [2.05, 4.69) is 16.0 Å². The van der Waals surface area contributed by atoms with Crippen LogP contribution in [0.3, 0.4) is 0 Å². The topological polar surface area (TPSA) is 134 Å². The second kappa shape index (κ2) is 11.2. The molecule has 4 N–H and O–H groups in total. The Kier molecular flexibility index (Phi) is 8.84. The monoisotopic (exact) mass is 484 g/mol. The Hall–Kier alpha value is -3.62. The Labute approximate surface area is 206 Å². The Morgan fingerprint density at radius 1 is 0.857 bits per heavy atom. The maximum absolute atomic E-state index is 12.8. The van der Waals surface area contributed by atoms with Gasteiger partial charge in [0.25, 0.3) is 0 Å². The number of phenolic OH excluding ortho intramolecular Hbond substituents is 1. The van der Waals surface area contributed by atoms with E-state index in [0.29, 0.717) is 17.6 Å². The predicted octanol–water partition coefficient (Wildman–Crippen LogP) is 1.74. The molecule has 2 aromatic rings. The molecular weight excluding hydrogens is 448 g/mol. The number of nitrogens with zero attached hydrogens (tertiary/aromatic N) is 1. The van der Waals surface area contributed by atoms with Gasteiger partial charge in [-0.2, -0.15) is 4.73 Å². The molecule has 3 amide bonds. The van der Waals surface area contributed by atoms with Gasteiger partial charge in [0.1, 0.15) is 17.8 Å². The summed E-state index contributed by atoms with van der Waals surface area (Å²) >= 11 is 0. The summed E-state index contributed by atoms with van der Waals surface area (Å²) in [6.07, 6.45) is 3.68. The number of carbonyl (C=O) groups excluding carboxylic acids is 3. The average Bonchev–Trinajstić information content (AvgIpc) is 2.76. The van der Waals surface area contributed by atoms with Crippen molar-refractivity contribution >= 4 is 17.7 Å². The van der Waals surface area contributed by atoms with E-state index >= 15 is 0 Å². The molecule has 1 aromatic heterocycles. The largest absolute Gasteiger partial charge is 0.619 e. The minimum Gasteiger partial charge on any atom is -0.619 e. The summed E-state index contributed by atoms with van der Waals surface area (Å²) in [6.45, 7) is 10.4. The summed E-state index contributed by atoms with van der Waals surface area (Å²) < 4.78 is 0.675. The fraction of sp³-hybridized carbons (Fsp3) is 0.462. The number of pyridine rings is 1. The van der Waals surface area contributed by atoms with Crippen LogP contribution in [0.25, 0.3) is 0 Å². The first-order valence-corrected chi connectivity index (χ1v) is 11.6. The maximum Gasteiger partial charge on any atom is 0.242 e. The molecule has 0 saturated carbocycles. The van der Waals surface area contributed by atoms with E-state index < -0.39 is 28.9 Å². The van der Waals surface area contributed by atoms with Crippen LogP contribution < -0.4 is 20.7 Å². The summed E-state index contributed by atoms with van der Waals surface area (Å²) in [5, 5.41) is 28.9. The molecule has 2 atom stereocenters. The molecule has 0 aliphatic carbocycles. The number of phenols is 1. The van der Waals surface area contributed by atoms with Crippen LogP contribution in [0.15, 0.2) is 48.8 Å². The molecule has 1 aromatic carbocycles. The Morgan fingerprint density at radius 3 is 1.94 bits per heavy atom. The second-order valence-electron chi connectivity index (χ2n) is 10.3. The van der Waals surface area contributed by atoms with Gasteiger partial charge in [-0.15, -0.1) is 0 Å². The summed E-state index contributed by atoms with van der Waals surface area (Å²) in [5.74, 6) is -0.958. The van der Waals surface area contributed by atoms with Crippen LogP contribution in [0.5, 0.6) is 5.75 Å². The third-order valence-electron chi connectivity index (χ3n) is 5.67. The van der Waals surface area contributed by atoms with Crippen LogP contribution in [-0.2, 0) is 27.2 Å². The van der Waals surface area contributed by atoms with E-state index in [1.54, 1.807) is 64.1 Å². The van der Waals surface area contributed by atoms with Gasteiger partial charge in [0.05, 0.1) is 0 Å². The van der Waals surface area contributed by atoms with E-state index in [1.165, 1.54) is 12.4 Å². The van der Waals surface area contributed by atoms with Gasteiger partial charge in [0.2, 0.25) is 17.7 Å². The zero-order chi connectivity index (χ0) is 26.4. The Morgan fingerprint density at radius 2 is 1.37 bits per heavy atom. The van der Waals surface area contributed by atoms with E-state index in [4.69, 9.17) is 0 Å². The van der Waals surface area contributed by atoms with E-state index in [1.807, 2.05) is 13.8 Å². The standard InChI is InChI=1S/C26H36N4O5/c1-17(28-24(34)25(3,4)15-20-11-13-30(35)14-12-20)22(32)27-18(2)23(33)29-26(5,6)16-19-7-9-21(31)10-8-19/h7-14,17-18,31H,15-16H2,1-6H3,(H,27,32)(H,28,34)(H,29,33)/t17-,18-/m0/s1. The number of hydrogen-bond acceptors (Lipinski definition) is 5. The summed E-state index contributed by atoms with van der Waals surface area (Å²) in [6, 6.07) is 8.42. The highest BCUT2D eigenvalue weighted by Gasteiger charge is 2.31. The molecule has 35 heavy (non-hydrogen) atoms. The summed E-state index contributed by atoms with van der Waals surface area (Å²) in [7, 11) is 0. The van der Waals surface area contributed by atoms with E-state index in [0.717, 1.165) is 11.1 Å². The zero-order valence-corrected chi connectivity index (χ0v) is 21.2. The Bertz CT molecular complexity index is 1030. The highest BCUT2D eigenvalue weighted by Crippen LogP contribution is 2.22. The molecule has 190 valence electrons. The number of amides is 3. The average molecular weight is 485 g/mol. The number of rotatable bonds is 10. The quantitative estimate of drug-likeness (QED) is 0.301. The van der Waals surface area contributed by atoms with Crippen molar-refractivity contribution in [2.75, 3.05) is 0 Å². The van der Waals surface area contributed by atoms with Crippen LogP contribution >= 0.6 is 0 Å². The van der Waals surface area contributed by atoms with Gasteiger partial charge in [0.15, 0.2) is 12.4 Å². The number of hydrogen-bond donors (Lipinski definition) is 4. The third kappa shape index (κ3) is 8.59. The third-order valence-corrected chi connectivity index (χ3v) is 5.67. The highest BCUT2D eigenvalue weighted by molar-refractivity contribution is 5.92. The van der Waals surface area contributed by atoms with Crippen molar-refractivity contribution < 1.29 is 24.2 Å². The minimum absolute atomic E-state index is 0.175. The lowest BCUT2D eigenvalue weighted by molar-refractivity contribution is -0.605. The van der Waals surface area contributed by atoms with Crippen molar-refractivity contribution in [2.24, 2.45) is 5.41 Å². The lowest BCUT2D eigenvalue weighted by Crippen LogP contribution is -2.56. The van der Waals surface area contributed by atoms with Crippen molar-refractivity contribution in [3.63, 3.8) is 0 Å². The van der Waals surface area contributed by atoms with Gasteiger partial charge >= 0.3 is 0 Å². The van der Waals surface area contributed by atoms with E-state index in [9.17, 15) is 24.7 Å². The van der Waals surface area contributed by atoms with E-state index in [-0.39, 0.29) is 17.6 Å². The molecule has 0 saturated heterocycles. The highest BCUT2D eigenvalue weighted by atomic mass is 16.5. The molecule has 0 aliphatic rings. The fourth-order valence-corrected chi connectivity index (χ4v) is 3.62. The first kappa shape index (κ1) is 27.6. The van der Waals surface area contributed by atoms with Crippen molar-refractivity contribution in [1.82, 2.24) is 16.0 Å². The van der Waals surface area contributed by atoms with Gasteiger partial charge < -0.3 is 26.3 Å². The number of benzene rings is 1. The number of aromatic nitrogens is 1. The van der Waals surface area contributed by atoms with Gasteiger partial charge in [-0.3, -0.25) is 14.4 Å². The van der Waals surface area contributed by atoms with Crippen LogP contribution in [0.4, 0.5) is 0 Å². The second-order valence-corrected chi connectivity index (χ2v) is 10.3. The number of aromatic hydroxyl groups is 1. The fourth-order valence-electron chi connectivity index (χ4n) is 3.62. The molecule has 0 spiro atoms. The molecule has 0 radical (unpaired) electrons. The first-order chi connectivity index (χ1) is 16.2. The molecule has 1 heterocycles. The van der Waals surface area contributed by atoms with Crippen molar-refractivity contribution in [2.45, 2.75) is 72.0 Å². The molecule has 0 aliphatic heterocycles. The summed E-state index contributed by atoms with van der Waals surface area (Å²) in [5.41, 5.74) is 0.380. The molecule has 0 bridgehead atoms. The molecule has 0 unspecified atom stereocenters. The van der Waals surface area contributed by atoms with Crippen molar-refractivity contribution in [3.05, 3.63) is 65.1 Å². The van der Waals surface area contributed by atoms with Gasteiger partial charge in [-0.25, -0.2) is 0 Å². The van der Waals surface area contributed by atoms with Gasteiger partial charge in [0, 0.05) is 23.1 Å². The number of carbonyl (C=O) groups is 3. The molecule has 0 fully saturated rings. The molecule has 2 rings (SSSR count). The van der Waals surface area contributed by atoms with Gasteiger partial charge in [-0.1, -0.05) is 26.0 Å². The lowest BCUT2D eigenvalue weighted by Gasteiger charge is -2.29.